The van der Waals surface area contributed by atoms with Gasteiger partial charge in [-0.05, 0) is 24.6 Å². The van der Waals surface area contributed by atoms with Gasteiger partial charge in [-0.2, -0.15) is 0 Å². The number of anilines is 1. The Morgan fingerprint density at radius 3 is 2.66 bits per heavy atom. The first-order chi connectivity index (χ1) is 15.3. The van der Waals surface area contributed by atoms with Gasteiger partial charge in [0.25, 0.3) is 0 Å². The summed E-state index contributed by atoms with van der Waals surface area (Å²) in [5.41, 5.74) is 4.26. The minimum absolute atomic E-state index is 0.0349. The van der Waals surface area contributed by atoms with Crippen molar-refractivity contribution in [2.75, 3.05) is 37.6 Å². The van der Waals surface area contributed by atoms with E-state index in [-0.39, 0.29) is 12.0 Å². The van der Waals surface area contributed by atoms with Crippen LogP contribution in [0.2, 0.25) is 10.0 Å². The van der Waals surface area contributed by atoms with Crippen LogP contribution >= 0.6 is 23.2 Å². The number of hydrogen-bond acceptors (Lipinski definition) is 6. The summed E-state index contributed by atoms with van der Waals surface area (Å²) < 4.78 is 5.78. The summed E-state index contributed by atoms with van der Waals surface area (Å²) in [4.78, 5) is 13.7. The second kappa shape index (κ2) is 9.96. The normalized spacial score (nSPS) is 19.4. The van der Waals surface area contributed by atoms with Crippen LogP contribution in [0, 0.1) is 0 Å². The van der Waals surface area contributed by atoms with E-state index < -0.39 is 0 Å². The van der Waals surface area contributed by atoms with Gasteiger partial charge in [0.1, 0.15) is 12.1 Å². The van der Waals surface area contributed by atoms with E-state index >= 15 is 0 Å². The molecule has 0 aliphatic carbocycles. The van der Waals surface area contributed by atoms with Gasteiger partial charge < -0.3 is 19.9 Å². The van der Waals surface area contributed by atoms with E-state index in [0.29, 0.717) is 22.7 Å². The number of halogens is 2. The van der Waals surface area contributed by atoms with Gasteiger partial charge in [-0.15, -0.1) is 0 Å². The molecule has 1 aromatic heterocycles. The van der Waals surface area contributed by atoms with Crippen LogP contribution in [-0.2, 0) is 11.3 Å². The zero-order valence-electron chi connectivity index (χ0n) is 18.9. The number of benzene rings is 1. The van der Waals surface area contributed by atoms with Crippen molar-refractivity contribution in [3.05, 3.63) is 63.7 Å². The highest BCUT2D eigenvalue weighted by atomic mass is 35.5. The molecule has 3 heterocycles. The highest BCUT2D eigenvalue weighted by Gasteiger charge is 2.30. The smallest absolute Gasteiger partial charge is 0.138 e. The van der Waals surface area contributed by atoms with Gasteiger partial charge >= 0.3 is 0 Å². The molecule has 2 atom stereocenters. The van der Waals surface area contributed by atoms with Crippen LogP contribution < -0.4 is 10.2 Å². The first kappa shape index (κ1) is 23.3. The van der Waals surface area contributed by atoms with Crippen molar-refractivity contribution in [2.45, 2.75) is 45.4 Å². The van der Waals surface area contributed by atoms with Crippen LogP contribution in [0.15, 0.2) is 36.8 Å². The molecule has 2 aliphatic rings. The van der Waals surface area contributed by atoms with E-state index in [1.165, 1.54) is 0 Å². The van der Waals surface area contributed by atoms with Crippen LogP contribution in [0.25, 0.3) is 0 Å². The van der Waals surface area contributed by atoms with E-state index in [4.69, 9.17) is 27.9 Å². The molecule has 1 saturated heterocycles. The second-order valence-corrected chi connectivity index (χ2v) is 9.60. The van der Waals surface area contributed by atoms with Crippen molar-refractivity contribution in [2.24, 2.45) is 0 Å². The van der Waals surface area contributed by atoms with Crippen molar-refractivity contribution < 1.29 is 4.74 Å². The van der Waals surface area contributed by atoms with Crippen LogP contribution in [0.3, 0.4) is 0 Å². The zero-order chi connectivity index (χ0) is 22.8. The Balaban J connectivity index is 1.49. The zero-order valence-corrected chi connectivity index (χ0v) is 20.5. The van der Waals surface area contributed by atoms with E-state index in [9.17, 15) is 0 Å². The number of piperazine rings is 1. The van der Waals surface area contributed by atoms with Crippen LogP contribution in [-0.4, -0.2) is 53.6 Å². The van der Waals surface area contributed by atoms with E-state index in [0.717, 1.165) is 61.1 Å². The maximum Gasteiger partial charge on any atom is 0.138 e. The monoisotopic (exact) mass is 475 g/mol. The third-order valence-electron chi connectivity index (χ3n) is 6.28. The van der Waals surface area contributed by atoms with Crippen molar-refractivity contribution in [3.8, 4) is 0 Å². The Morgan fingerprint density at radius 2 is 1.97 bits per heavy atom. The Bertz CT molecular complexity index is 975. The first-order valence-corrected chi connectivity index (χ1v) is 11.9. The number of nitrogens with zero attached hydrogens (tertiary/aromatic N) is 4. The molecule has 1 unspecified atom stereocenters. The SMILES string of the molecule is C=C(C(CNC(C)C)c1ccc(Cl)cc1Cl)N1CCN(c2ncnc3c2[C@H](C)OC3)CC1. The molecule has 0 saturated carbocycles. The summed E-state index contributed by atoms with van der Waals surface area (Å²) in [5, 5.41) is 4.88. The lowest BCUT2D eigenvalue weighted by molar-refractivity contribution is 0.0787. The second-order valence-electron chi connectivity index (χ2n) is 8.76. The number of nitrogens with one attached hydrogen (secondary N) is 1. The maximum atomic E-state index is 6.59. The van der Waals surface area contributed by atoms with Gasteiger partial charge in [-0.3, -0.25) is 0 Å². The van der Waals surface area contributed by atoms with Gasteiger partial charge in [0.15, 0.2) is 0 Å². The molecule has 0 amide bonds. The Labute approximate surface area is 200 Å². The summed E-state index contributed by atoms with van der Waals surface area (Å²) in [6.45, 7) is 15.7. The van der Waals surface area contributed by atoms with Gasteiger partial charge in [0, 0.05) is 66.0 Å². The van der Waals surface area contributed by atoms with Crippen molar-refractivity contribution in [3.63, 3.8) is 0 Å². The first-order valence-electron chi connectivity index (χ1n) is 11.2. The molecular weight excluding hydrogens is 445 g/mol. The van der Waals surface area contributed by atoms with Gasteiger partial charge in [-0.1, -0.05) is 49.7 Å². The fourth-order valence-electron chi connectivity index (χ4n) is 4.46. The molecule has 32 heavy (non-hydrogen) atoms. The molecule has 1 fully saturated rings. The predicted octanol–water partition coefficient (Wildman–Crippen LogP) is 4.79. The maximum absolute atomic E-state index is 6.59. The van der Waals surface area contributed by atoms with E-state index in [1.54, 1.807) is 6.33 Å². The number of rotatable bonds is 7. The van der Waals surface area contributed by atoms with E-state index in [2.05, 4.69) is 52.4 Å². The highest BCUT2D eigenvalue weighted by molar-refractivity contribution is 6.35. The van der Waals surface area contributed by atoms with Gasteiger partial charge in [0.2, 0.25) is 0 Å². The molecule has 2 aromatic rings. The Morgan fingerprint density at radius 1 is 1.22 bits per heavy atom. The molecule has 2 aliphatic heterocycles. The van der Waals surface area contributed by atoms with Crippen LogP contribution in [0.4, 0.5) is 5.82 Å². The summed E-state index contributed by atoms with van der Waals surface area (Å²) >= 11 is 12.7. The standard InChI is InChI=1S/C24H31Cl2N5O/c1-15(2)27-12-20(19-6-5-18(25)11-21(19)26)16(3)30-7-9-31(10-8-30)24-23-17(4)32-13-22(23)28-14-29-24/h5-6,11,14-15,17,20,27H,3,7-10,12-13H2,1-2,4H3/t17-,20?/m0/s1. The Kier molecular flexibility index (Phi) is 7.25. The number of hydrogen-bond donors (Lipinski definition) is 1. The van der Waals surface area contributed by atoms with Crippen LogP contribution in [0.1, 0.15) is 49.6 Å². The predicted molar refractivity (Wildman–Crippen MR) is 131 cm³/mol. The Hall–Kier alpha value is -1.86. The highest BCUT2D eigenvalue weighted by Crippen LogP contribution is 2.36. The summed E-state index contributed by atoms with van der Waals surface area (Å²) in [5.74, 6) is 1.08. The quantitative estimate of drug-likeness (QED) is 0.620. The largest absolute Gasteiger partial charge is 0.371 e. The third-order valence-corrected chi connectivity index (χ3v) is 6.84. The average molecular weight is 476 g/mol. The number of aromatic nitrogens is 2. The molecule has 1 N–H and O–H groups in total. The summed E-state index contributed by atoms with van der Waals surface area (Å²) in [6, 6.07) is 6.10. The van der Waals surface area contributed by atoms with Crippen LogP contribution in [0.5, 0.6) is 0 Å². The summed E-state index contributed by atoms with van der Waals surface area (Å²) in [7, 11) is 0. The summed E-state index contributed by atoms with van der Waals surface area (Å²) in [6.07, 6.45) is 1.68. The fraction of sp³-hybridized carbons (Fsp3) is 0.500. The number of fused-ring (bicyclic) bond motifs is 1. The molecular formula is C24H31Cl2N5O. The fourth-order valence-corrected chi connectivity index (χ4v) is 5.00. The molecule has 0 bridgehead atoms. The molecule has 1 aromatic carbocycles. The molecule has 0 radical (unpaired) electrons. The van der Waals surface area contributed by atoms with Crippen molar-refractivity contribution >= 4 is 29.0 Å². The molecule has 172 valence electrons. The van der Waals surface area contributed by atoms with Crippen molar-refractivity contribution in [1.29, 1.82) is 0 Å². The van der Waals surface area contributed by atoms with Crippen molar-refractivity contribution in [1.82, 2.24) is 20.2 Å². The minimum atomic E-state index is 0.0349. The van der Waals surface area contributed by atoms with Gasteiger partial charge in [0.05, 0.1) is 18.4 Å². The lowest BCUT2D eigenvalue weighted by atomic mass is 9.94. The lowest BCUT2D eigenvalue weighted by Gasteiger charge is -2.40. The molecule has 8 heteroatoms. The topological polar surface area (TPSA) is 53.5 Å². The minimum Gasteiger partial charge on any atom is -0.371 e. The number of ether oxygens (including phenoxy) is 1. The average Bonchev–Trinajstić information content (AvgIpc) is 3.16. The molecule has 4 rings (SSSR count). The van der Waals surface area contributed by atoms with Gasteiger partial charge in [-0.25, -0.2) is 9.97 Å². The molecule has 6 nitrogen and oxygen atoms in total. The lowest BCUT2D eigenvalue weighted by Crippen LogP contribution is -2.47. The molecule has 0 spiro atoms. The third kappa shape index (κ3) is 4.88. The van der Waals surface area contributed by atoms with E-state index in [1.807, 2.05) is 18.2 Å².